The molecule has 1 saturated carbocycles. The molecule has 0 aromatic heterocycles. The highest BCUT2D eigenvalue weighted by atomic mass is 16.3. The minimum absolute atomic E-state index is 0.0127. The van der Waals surface area contributed by atoms with E-state index in [0.29, 0.717) is 12.8 Å². The van der Waals surface area contributed by atoms with Crippen LogP contribution in [0.25, 0.3) is 0 Å². The average molecular weight is 146 g/mol. The van der Waals surface area contributed by atoms with E-state index in [0.717, 1.165) is 0 Å². The van der Waals surface area contributed by atoms with Crippen LogP contribution >= 0.6 is 0 Å². The molecule has 1 rings (SSSR count). The van der Waals surface area contributed by atoms with Crippen LogP contribution in [0.1, 0.15) is 19.8 Å². The first-order valence-corrected chi connectivity index (χ1v) is 3.65. The zero-order valence-corrected chi connectivity index (χ0v) is 6.07. The Kier molecular flexibility index (Phi) is 2.28. The second-order valence-corrected chi connectivity index (χ2v) is 3.16. The van der Waals surface area contributed by atoms with Crippen LogP contribution in [0.4, 0.5) is 0 Å². The summed E-state index contributed by atoms with van der Waals surface area (Å²) in [6.07, 6.45) is -0.917. The maximum absolute atomic E-state index is 9.20. The van der Waals surface area contributed by atoms with Crippen molar-refractivity contribution in [2.45, 2.75) is 38.1 Å². The van der Waals surface area contributed by atoms with Crippen molar-refractivity contribution in [2.24, 2.45) is 5.92 Å². The van der Waals surface area contributed by atoms with E-state index in [2.05, 4.69) is 0 Å². The number of hydrogen-bond donors (Lipinski definition) is 3. The van der Waals surface area contributed by atoms with Crippen molar-refractivity contribution in [3.8, 4) is 0 Å². The topological polar surface area (TPSA) is 60.7 Å². The second kappa shape index (κ2) is 2.86. The summed E-state index contributed by atoms with van der Waals surface area (Å²) in [5.74, 6) is 0.0127. The zero-order valence-electron chi connectivity index (χ0n) is 6.07. The van der Waals surface area contributed by atoms with E-state index >= 15 is 0 Å². The van der Waals surface area contributed by atoms with Crippen molar-refractivity contribution in [1.82, 2.24) is 0 Å². The minimum atomic E-state index is -0.737. The van der Waals surface area contributed by atoms with Gasteiger partial charge in [-0.3, -0.25) is 0 Å². The molecule has 0 unspecified atom stereocenters. The van der Waals surface area contributed by atoms with Gasteiger partial charge in [-0.25, -0.2) is 0 Å². The molecule has 60 valence electrons. The van der Waals surface area contributed by atoms with Gasteiger partial charge < -0.3 is 15.3 Å². The van der Waals surface area contributed by atoms with E-state index in [9.17, 15) is 5.11 Å². The summed E-state index contributed by atoms with van der Waals surface area (Å²) in [6, 6.07) is 0. The van der Waals surface area contributed by atoms with Crippen molar-refractivity contribution in [3.63, 3.8) is 0 Å². The lowest BCUT2D eigenvalue weighted by atomic mass is 9.84. The highest BCUT2D eigenvalue weighted by Gasteiger charge is 2.31. The molecule has 0 bridgehead atoms. The molecule has 0 saturated heterocycles. The van der Waals surface area contributed by atoms with Gasteiger partial charge in [0.15, 0.2) is 0 Å². The van der Waals surface area contributed by atoms with Crippen LogP contribution in [0.15, 0.2) is 0 Å². The Hall–Kier alpha value is -0.120. The smallest absolute Gasteiger partial charge is 0.0826 e. The summed E-state index contributed by atoms with van der Waals surface area (Å²) in [5, 5.41) is 27.4. The molecule has 0 heterocycles. The number of aliphatic hydroxyl groups is 3. The molecule has 0 amide bonds. The largest absolute Gasteiger partial charge is 0.393 e. The molecule has 3 heteroatoms. The molecule has 0 radical (unpaired) electrons. The van der Waals surface area contributed by atoms with Gasteiger partial charge in [0.25, 0.3) is 0 Å². The Morgan fingerprint density at radius 1 is 1.10 bits per heavy atom. The molecule has 1 aliphatic rings. The number of aliphatic hydroxyl groups excluding tert-OH is 3. The van der Waals surface area contributed by atoms with Crippen LogP contribution in [0.3, 0.4) is 0 Å². The SMILES string of the molecule is C[C@@H]1C[C@@H](O)C[C@@H](O)[C@H]1O. The van der Waals surface area contributed by atoms with Gasteiger partial charge in [-0.1, -0.05) is 6.92 Å². The maximum Gasteiger partial charge on any atom is 0.0826 e. The molecule has 4 atom stereocenters. The second-order valence-electron chi connectivity index (χ2n) is 3.16. The van der Waals surface area contributed by atoms with Gasteiger partial charge in [0.1, 0.15) is 0 Å². The Morgan fingerprint density at radius 3 is 2.20 bits per heavy atom. The normalized spacial score (nSPS) is 49.2. The first-order valence-electron chi connectivity index (χ1n) is 3.65. The monoisotopic (exact) mass is 146 g/mol. The zero-order chi connectivity index (χ0) is 7.72. The lowest BCUT2D eigenvalue weighted by Gasteiger charge is -2.32. The van der Waals surface area contributed by atoms with Crippen molar-refractivity contribution < 1.29 is 15.3 Å². The fraction of sp³-hybridized carbons (Fsp3) is 1.00. The molecule has 0 aliphatic heterocycles. The summed E-state index contributed by atoms with van der Waals surface area (Å²) in [5.41, 5.74) is 0. The maximum atomic E-state index is 9.20. The summed E-state index contributed by atoms with van der Waals surface area (Å²) in [4.78, 5) is 0. The summed E-state index contributed by atoms with van der Waals surface area (Å²) in [6.45, 7) is 1.83. The lowest BCUT2D eigenvalue weighted by Crippen LogP contribution is -2.41. The van der Waals surface area contributed by atoms with Crippen molar-refractivity contribution in [2.75, 3.05) is 0 Å². The summed E-state index contributed by atoms with van der Waals surface area (Å²) in [7, 11) is 0. The van der Waals surface area contributed by atoms with Gasteiger partial charge in [-0.2, -0.15) is 0 Å². The summed E-state index contributed by atoms with van der Waals surface area (Å²) < 4.78 is 0. The van der Waals surface area contributed by atoms with Crippen LogP contribution in [0.2, 0.25) is 0 Å². The van der Waals surface area contributed by atoms with E-state index in [1.807, 2.05) is 6.92 Å². The van der Waals surface area contributed by atoms with E-state index < -0.39 is 18.3 Å². The molecule has 1 aliphatic carbocycles. The van der Waals surface area contributed by atoms with Gasteiger partial charge in [0.05, 0.1) is 18.3 Å². The van der Waals surface area contributed by atoms with Crippen molar-refractivity contribution >= 4 is 0 Å². The molecular weight excluding hydrogens is 132 g/mol. The third-order valence-corrected chi connectivity index (χ3v) is 2.13. The van der Waals surface area contributed by atoms with Crippen LogP contribution in [-0.2, 0) is 0 Å². The average Bonchev–Trinajstić information content (AvgIpc) is 1.82. The molecule has 0 spiro atoms. The Labute approximate surface area is 60.3 Å². The fourth-order valence-electron chi connectivity index (χ4n) is 1.46. The van der Waals surface area contributed by atoms with E-state index in [1.165, 1.54) is 0 Å². The highest BCUT2D eigenvalue weighted by Crippen LogP contribution is 2.24. The lowest BCUT2D eigenvalue weighted by molar-refractivity contribution is -0.0782. The van der Waals surface area contributed by atoms with Crippen molar-refractivity contribution in [3.05, 3.63) is 0 Å². The standard InChI is InChI=1S/C7H14O3/c1-4-2-5(8)3-6(9)7(4)10/h4-10H,2-3H2,1H3/t4-,5-,6-,7+/m1/s1. The molecule has 3 nitrogen and oxygen atoms in total. The fourth-order valence-corrected chi connectivity index (χ4v) is 1.46. The number of rotatable bonds is 0. The Morgan fingerprint density at radius 2 is 1.70 bits per heavy atom. The van der Waals surface area contributed by atoms with Crippen LogP contribution in [-0.4, -0.2) is 33.6 Å². The minimum Gasteiger partial charge on any atom is -0.393 e. The third kappa shape index (κ3) is 1.48. The van der Waals surface area contributed by atoms with Crippen molar-refractivity contribution in [1.29, 1.82) is 0 Å². The highest BCUT2D eigenvalue weighted by molar-refractivity contribution is 4.83. The van der Waals surface area contributed by atoms with E-state index in [1.54, 1.807) is 0 Å². The predicted molar refractivity (Wildman–Crippen MR) is 36.4 cm³/mol. The third-order valence-electron chi connectivity index (χ3n) is 2.13. The van der Waals surface area contributed by atoms with E-state index in [4.69, 9.17) is 10.2 Å². The molecule has 1 fully saturated rings. The van der Waals surface area contributed by atoms with E-state index in [-0.39, 0.29) is 5.92 Å². The molecule has 10 heavy (non-hydrogen) atoms. The van der Waals surface area contributed by atoms with Gasteiger partial charge in [0, 0.05) is 6.42 Å². The number of hydrogen-bond acceptors (Lipinski definition) is 3. The predicted octanol–water partition coefficient (Wildman–Crippen LogP) is -0.501. The van der Waals surface area contributed by atoms with Crippen LogP contribution in [0, 0.1) is 5.92 Å². The molecule has 0 aromatic carbocycles. The van der Waals surface area contributed by atoms with Crippen LogP contribution in [0.5, 0.6) is 0 Å². The van der Waals surface area contributed by atoms with Gasteiger partial charge in [0.2, 0.25) is 0 Å². The van der Waals surface area contributed by atoms with Gasteiger partial charge in [-0.15, -0.1) is 0 Å². The Bertz CT molecular complexity index is 103. The Balaban J connectivity index is 2.49. The van der Waals surface area contributed by atoms with Gasteiger partial charge in [-0.05, 0) is 12.3 Å². The first kappa shape index (κ1) is 7.98. The quantitative estimate of drug-likeness (QED) is 0.431. The summed E-state index contributed by atoms with van der Waals surface area (Å²) >= 11 is 0. The molecule has 0 aromatic rings. The van der Waals surface area contributed by atoms with Crippen LogP contribution < -0.4 is 0 Å². The first-order chi connectivity index (χ1) is 4.61. The molecule has 3 N–H and O–H groups in total. The van der Waals surface area contributed by atoms with Gasteiger partial charge >= 0.3 is 0 Å². The molecular formula is C7H14O3.